The number of hydrogen-bond acceptors (Lipinski definition) is 2. The Balaban J connectivity index is 2.44. The molecule has 1 aliphatic rings. The summed E-state index contributed by atoms with van der Waals surface area (Å²) >= 11 is 0. The Morgan fingerprint density at radius 3 is 2.75 bits per heavy atom. The lowest BCUT2D eigenvalue weighted by atomic mass is 9.87. The van der Waals surface area contributed by atoms with Gasteiger partial charge in [0.25, 0.3) is 0 Å². The molecule has 0 radical (unpaired) electrons. The van der Waals surface area contributed by atoms with Crippen molar-refractivity contribution in [2.45, 2.75) is 26.3 Å². The van der Waals surface area contributed by atoms with Crippen molar-refractivity contribution in [2.24, 2.45) is 5.92 Å². The summed E-state index contributed by atoms with van der Waals surface area (Å²) in [6, 6.07) is 7.37. The van der Waals surface area contributed by atoms with Gasteiger partial charge in [0.2, 0.25) is 0 Å². The van der Waals surface area contributed by atoms with Crippen molar-refractivity contribution in [3.8, 4) is 0 Å². The second-order valence-electron chi connectivity index (χ2n) is 5.04. The molecule has 1 aromatic carbocycles. The molecule has 0 saturated carbocycles. The Kier molecular flexibility index (Phi) is 3.20. The van der Waals surface area contributed by atoms with Crippen LogP contribution < -0.4 is 5.32 Å². The number of aryl methyl sites for hydroxylation is 1. The summed E-state index contributed by atoms with van der Waals surface area (Å²) < 4.78 is 0. The number of fused-ring (bicyclic) bond motifs is 1. The lowest BCUT2D eigenvalue weighted by Gasteiger charge is -2.37. The van der Waals surface area contributed by atoms with Crippen LogP contribution in [-0.4, -0.2) is 25.5 Å². The molecule has 1 aromatic rings. The third kappa shape index (κ3) is 1.94. The van der Waals surface area contributed by atoms with Gasteiger partial charge in [0.15, 0.2) is 0 Å². The molecule has 1 aliphatic heterocycles. The molecule has 1 N–H and O–H groups in total. The van der Waals surface area contributed by atoms with Gasteiger partial charge < -0.3 is 10.2 Å². The van der Waals surface area contributed by atoms with E-state index < -0.39 is 0 Å². The topological polar surface area (TPSA) is 15.3 Å². The highest BCUT2D eigenvalue weighted by Crippen LogP contribution is 2.36. The van der Waals surface area contributed by atoms with Crippen molar-refractivity contribution < 1.29 is 0 Å². The first-order valence-electron chi connectivity index (χ1n) is 6.16. The highest BCUT2D eigenvalue weighted by Gasteiger charge is 2.27. The Hall–Kier alpha value is -1.02. The van der Waals surface area contributed by atoms with Gasteiger partial charge in [-0.15, -0.1) is 0 Å². The second kappa shape index (κ2) is 4.46. The van der Waals surface area contributed by atoms with Crippen LogP contribution in [0.4, 0.5) is 5.69 Å². The molecular formula is C14H22N2. The third-order valence-corrected chi connectivity index (χ3v) is 3.55. The molecule has 2 heteroatoms. The summed E-state index contributed by atoms with van der Waals surface area (Å²) in [5.74, 6) is 0.662. The van der Waals surface area contributed by atoms with Crippen LogP contribution in [0.5, 0.6) is 0 Å². The Labute approximate surface area is 98.7 Å². The van der Waals surface area contributed by atoms with E-state index in [2.05, 4.69) is 56.4 Å². The third-order valence-electron chi connectivity index (χ3n) is 3.55. The van der Waals surface area contributed by atoms with E-state index in [9.17, 15) is 0 Å². The van der Waals surface area contributed by atoms with Gasteiger partial charge in [0.1, 0.15) is 0 Å². The largest absolute Gasteiger partial charge is 0.384 e. The van der Waals surface area contributed by atoms with E-state index in [4.69, 9.17) is 0 Å². The van der Waals surface area contributed by atoms with Crippen LogP contribution in [0.3, 0.4) is 0 Å². The molecule has 16 heavy (non-hydrogen) atoms. The van der Waals surface area contributed by atoms with Gasteiger partial charge in [-0.25, -0.2) is 0 Å². The lowest BCUT2D eigenvalue weighted by Crippen LogP contribution is -2.34. The molecule has 1 heterocycles. The molecule has 0 bridgehead atoms. The summed E-state index contributed by atoms with van der Waals surface area (Å²) in [6.07, 6.45) is 1.11. The number of benzene rings is 1. The minimum atomic E-state index is 0.544. The quantitative estimate of drug-likeness (QED) is 0.821. The lowest BCUT2D eigenvalue weighted by molar-refractivity contribution is 0.225. The van der Waals surface area contributed by atoms with Gasteiger partial charge in [-0.1, -0.05) is 26.0 Å². The van der Waals surface area contributed by atoms with Gasteiger partial charge in [0.05, 0.1) is 0 Å². The second-order valence-corrected chi connectivity index (χ2v) is 5.04. The summed E-state index contributed by atoms with van der Waals surface area (Å²) in [5, 5.41) is 3.52. The maximum atomic E-state index is 3.52. The van der Waals surface area contributed by atoms with Crippen LogP contribution in [0.2, 0.25) is 0 Å². The molecule has 2 unspecified atom stereocenters. The van der Waals surface area contributed by atoms with Crippen molar-refractivity contribution in [3.05, 3.63) is 29.3 Å². The van der Waals surface area contributed by atoms with Crippen LogP contribution in [-0.2, 0) is 6.42 Å². The molecule has 0 aliphatic carbocycles. The van der Waals surface area contributed by atoms with Crippen molar-refractivity contribution >= 4 is 5.69 Å². The number of rotatable bonds is 2. The van der Waals surface area contributed by atoms with Crippen molar-refractivity contribution in [1.29, 1.82) is 0 Å². The predicted octanol–water partition coefficient (Wildman–Crippen LogP) is 2.91. The smallest absolute Gasteiger partial charge is 0.0404 e. The van der Waals surface area contributed by atoms with E-state index in [1.807, 2.05) is 0 Å². The molecule has 0 saturated heterocycles. The molecule has 88 valence electrons. The van der Waals surface area contributed by atoms with Gasteiger partial charge in [-0.3, -0.25) is 0 Å². The van der Waals surface area contributed by atoms with E-state index in [1.54, 1.807) is 0 Å². The maximum Gasteiger partial charge on any atom is 0.0404 e. The van der Waals surface area contributed by atoms with Gasteiger partial charge in [0, 0.05) is 18.3 Å². The molecule has 0 aromatic heterocycles. The van der Waals surface area contributed by atoms with Crippen LogP contribution in [0.25, 0.3) is 0 Å². The highest BCUT2D eigenvalue weighted by molar-refractivity contribution is 5.56. The molecular weight excluding hydrogens is 196 g/mol. The monoisotopic (exact) mass is 218 g/mol. The van der Waals surface area contributed by atoms with E-state index in [0.717, 1.165) is 13.0 Å². The minimum absolute atomic E-state index is 0.544. The standard InChI is InChI=1S/C14H22N2/c1-5-11-6-7-13-12(8-11)14(16(3)4)10(2)9-15-13/h6-8,10,14-15H,5,9H2,1-4H3. The molecule has 2 atom stereocenters. The molecule has 2 rings (SSSR count). The zero-order valence-electron chi connectivity index (χ0n) is 10.7. The fourth-order valence-corrected chi connectivity index (χ4v) is 2.71. The molecule has 2 nitrogen and oxygen atoms in total. The van der Waals surface area contributed by atoms with Crippen molar-refractivity contribution in [2.75, 3.05) is 26.0 Å². The Morgan fingerprint density at radius 2 is 2.12 bits per heavy atom. The van der Waals surface area contributed by atoms with Crippen LogP contribution >= 0.6 is 0 Å². The van der Waals surface area contributed by atoms with E-state index in [1.165, 1.54) is 16.8 Å². The number of nitrogens with zero attached hydrogens (tertiary/aromatic N) is 1. The average Bonchev–Trinajstić information content (AvgIpc) is 2.27. The van der Waals surface area contributed by atoms with Crippen LogP contribution in [0.15, 0.2) is 18.2 Å². The summed E-state index contributed by atoms with van der Waals surface area (Å²) in [5.41, 5.74) is 4.21. The van der Waals surface area contributed by atoms with Crippen molar-refractivity contribution in [3.63, 3.8) is 0 Å². The number of anilines is 1. The first kappa shape index (κ1) is 11.5. The average molecular weight is 218 g/mol. The molecule has 0 fully saturated rings. The summed E-state index contributed by atoms with van der Waals surface area (Å²) in [6.45, 7) is 5.60. The van der Waals surface area contributed by atoms with Gasteiger partial charge in [-0.05, 0) is 43.6 Å². The highest BCUT2D eigenvalue weighted by atomic mass is 15.1. The fraction of sp³-hybridized carbons (Fsp3) is 0.571. The predicted molar refractivity (Wildman–Crippen MR) is 69.9 cm³/mol. The minimum Gasteiger partial charge on any atom is -0.384 e. The first-order valence-corrected chi connectivity index (χ1v) is 6.16. The maximum absolute atomic E-state index is 3.52. The van der Waals surface area contributed by atoms with Crippen LogP contribution in [0, 0.1) is 5.92 Å². The van der Waals surface area contributed by atoms with Crippen LogP contribution in [0.1, 0.15) is 31.0 Å². The normalized spacial score (nSPS) is 24.1. The number of nitrogens with one attached hydrogen (secondary N) is 1. The fourth-order valence-electron chi connectivity index (χ4n) is 2.71. The molecule has 0 amide bonds. The van der Waals surface area contributed by atoms with E-state index in [-0.39, 0.29) is 0 Å². The zero-order valence-corrected chi connectivity index (χ0v) is 10.7. The van der Waals surface area contributed by atoms with Gasteiger partial charge >= 0.3 is 0 Å². The van der Waals surface area contributed by atoms with E-state index in [0.29, 0.717) is 12.0 Å². The summed E-state index contributed by atoms with van der Waals surface area (Å²) in [7, 11) is 4.35. The SMILES string of the molecule is CCc1ccc2c(c1)C(N(C)C)C(C)CN2. The van der Waals surface area contributed by atoms with Crippen molar-refractivity contribution in [1.82, 2.24) is 4.90 Å². The Bertz CT molecular complexity index is 371. The Morgan fingerprint density at radius 1 is 1.38 bits per heavy atom. The van der Waals surface area contributed by atoms with Gasteiger partial charge in [-0.2, -0.15) is 0 Å². The molecule has 0 spiro atoms. The summed E-state index contributed by atoms with van der Waals surface area (Å²) in [4.78, 5) is 2.34. The first-order chi connectivity index (χ1) is 7.63. The zero-order chi connectivity index (χ0) is 11.7. The van der Waals surface area contributed by atoms with E-state index >= 15 is 0 Å². The number of hydrogen-bond donors (Lipinski definition) is 1.